The molecule has 5 nitrogen and oxygen atoms in total. The van der Waals surface area contributed by atoms with Crippen molar-refractivity contribution in [3.05, 3.63) is 47.5 Å². The van der Waals surface area contributed by atoms with Gasteiger partial charge in [-0.3, -0.25) is 0 Å². The topological polar surface area (TPSA) is 90.2 Å². The summed E-state index contributed by atoms with van der Waals surface area (Å²) in [6.45, 7) is 0. The molecule has 0 aliphatic carbocycles. The molecule has 0 aliphatic rings. The lowest BCUT2D eigenvalue weighted by atomic mass is 10.0. The third-order valence-electron chi connectivity index (χ3n) is 3.24. The van der Waals surface area contributed by atoms with Crippen LogP contribution in [-0.4, -0.2) is 33.6 Å². The monoisotopic (exact) mass is 290 g/mol. The number of aromatic hydroxyl groups is 3. The molecule has 0 saturated heterocycles. The summed E-state index contributed by atoms with van der Waals surface area (Å²) in [4.78, 5) is 0. The van der Waals surface area contributed by atoms with Crippen LogP contribution in [0.4, 0.5) is 0 Å². The summed E-state index contributed by atoms with van der Waals surface area (Å²) in [5.41, 5.74) is 1.38. The smallest absolute Gasteiger partial charge is 0.160 e. The molecular formula is C16H18O5. The molecule has 5 heteroatoms. The van der Waals surface area contributed by atoms with Crippen molar-refractivity contribution >= 4 is 0 Å². The highest BCUT2D eigenvalue weighted by atomic mass is 16.5. The Balaban J connectivity index is 2.06. The predicted octanol–water partition coefficient (Wildman–Crippen LogP) is 1.96. The molecule has 112 valence electrons. The van der Waals surface area contributed by atoms with E-state index >= 15 is 0 Å². The van der Waals surface area contributed by atoms with E-state index in [0.29, 0.717) is 17.7 Å². The summed E-state index contributed by atoms with van der Waals surface area (Å²) in [7, 11) is 1.46. The fourth-order valence-corrected chi connectivity index (χ4v) is 2.17. The van der Waals surface area contributed by atoms with Crippen LogP contribution in [-0.2, 0) is 12.8 Å². The van der Waals surface area contributed by atoms with Crippen molar-refractivity contribution in [3.8, 4) is 23.0 Å². The molecule has 0 spiro atoms. The van der Waals surface area contributed by atoms with Gasteiger partial charge in [0, 0.05) is 12.5 Å². The van der Waals surface area contributed by atoms with Gasteiger partial charge in [-0.1, -0.05) is 12.1 Å². The van der Waals surface area contributed by atoms with Crippen LogP contribution in [0.3, 0.4) is 0 Å². The number of ether oxygens (including phenoxy) is 1. The van der Waals surface area contributed by atoms with E-state index in [9.17, 15) is 20.4 Å². The van der Waals surface area contributed by atoms with E-state index in [1.54, 1.807) is 18.2 Å². The SMILES string of the molecule is COc1cc(C[C@@H](O)Cc2ccc(O)cc2O)ccc1O. The summed E-state index contributed by atoms with van der Waals surface area (Å²) < 4.78 is 5.02. The Morgan fingerprint density at radius 1 is 0.952 bits per heavy atom. The molecule has 4 N–H and O–H groups in total. The Labute approximate surface area is 122 Å². The van der Waals surface area contributed by atoms with Crippen LogP contribution in [0.15, 0.2) is 36.4 Å². The Bertz CT molecular complexity index is 624. The van der Waals surface area contributed by atoms with Gasteiger partial charge in [0.25, 0.3) is 0 Å². The summed E-state index contributed by atoms with van der Waals surface area (Å²) in [5.74, 6) is 0.338. The molecule has 0 saturated carbocycles. The van der Waals surface area contributed by atoms with Crippen molar-refractivity contribution in [2.75, 3.05) is 7.11 Å². The second kappa shape index (κ2) is 6.37. The molecule has 0 bridgehead atoms. The van der Waals surface area contributed by atoms with E-state index in [2.05, 4.69) is 0 Å². The fourth-order valence-electron chi connectivity index (χ4n) is 2.17. The number of phenols is 3. The standard InChI is InChI=1S/C16H18O5/c1-21-16-7-10(2-5-14(16)19)6-13(18)8-11-3-4-12(17)9-15(11)20/h2-5,7,9,13,17-20H,6,8H2,1H3/t13-/m1/s1. The Hall–Kier alpha value is -2.40. The maximum atomic E-state index is 10.1. The third kappa shape index (κ3) is 3.79. The number of aliphatic hydroxyl groups excluding tert-OH is 1. The first-order valence-corrected chi connectivity index (χ1v) is 6.54. The normalized spacial score (nSPS) is 12.1. The van der Waals surface area contributed by atoms with Crippen LogP contribution < -0.4 is 4.74 Å². The van der Waals surface area contributed by atoms with Crippen LogP contribution >= 0.6 is 0 Å². The Morgan fingerprint density at radius 3 is 2.38 bits per heavy atom. The maximum Gasteiger partial charge on any atom is 0.160 e. The Morgan fingerprint density at radius 2 is 1.71 bits per heavy atom. The van der Waals surface area contributed by atoms with Crippen LogP contribution in [0.5, 0.6) is 23.0 Å². The zero-order chi connectivity index (χ0) is 15.4. The van der Waals surface area contributed by atoms with E-state index in [0.717, 1.165) is 5.56 Å². The molecule has 0 amide bonds. The molecule has 2 aromatic carbocycles. The third-order valence-corrected chi connectivity index (χ3v) is 3.24. The average molecular weight is 290 g/mol. The van der Waals surface area contributed by atoms with Gasteiger partial charge in [-0.05, 0) is 35.7 Å². The van der Waals surface area contributed by atoms with E-state index in [1.807, 2.05) is 0 Å². The molecule has 0 unspecified atom stereocenters. The maximum absolute atomic E-state index is 10.1. The zero-order valence-electron chi connectivity index (χ0n) is 11.7. The van der Waals surface area contributed by atoms with E-state index < -0.39 is 6.10 Å². The lowest BCUT2D eigenvalue weighted by molar-refractivity contribution is 0.174. The molecule has 0 fully saturated rings. The van der Waals surface area contributed by atoms with Gasteiger partial charge in [0.2, 0.25) is 0 Å². The van der Waals surface area contributed by atoms with Gasteiger partial charge in [0.15, 0.2) is 11.5 Å². The van der Waals surface area contributed by atoms with Gasteiger partial charge in [0.1, 0.15) is 11.5 Å². The van der Waals surface area contributed by atoms with Crippen LogP contribution in [0, 0.1) is 0 Å². The lowest BCUT2D eigenvalue weighted by Crippen LogP contribution is -2.14. The first-order valence-electron chi connectivity index (χ1n) is 6.54. The highest BCUT2D eigenvalue weighted by Crippen LogP contribution is 2.28. The highest BCUT2D eigenvalue weighted by molar-refractivity contribution is 5.42. The summed E-state index contributed by atoms with van der Waals surface area (Å²) >= 11 is 0. The number of hydrogen-bond acceptors (Lipinski definition) is 5. The number of rotatable bonds is 5. The van der Waals surface area contributed by atoms with E-state index in [4.69, 9.17) is 4.74 Å². The summed E-state index contributed by atoms with van der Waals surface area (Å²) in [6, 6.07) is 9.16. The molecule has 0 heterocycles. The van der Waals surface area contributed by atoms with Gasteiger partial charge in [-0.2, -0.15) is 0 Å². The first kappa shape index (κ1) is 15.0. The minimum absolute atomic E-state index is 0.0194. The number of hydrogen-bond donors (Lipinski definition) is 4. The number of benzene rings is 2. The van der Waals surface area contributed by atoms with Gasteiger partial charge in [-0.25, -0.2) is 0 Å². The second-order valence-electron chi connectivity index (χ2n) is 4.88. The molecule has 2 aromatic rings. The summed E-state index contributed by atoms with van der Waals surface area (Å²) in [6.07, 6.45) is -0.0820. The molecular weight excluding hydrogens is 272 g/mol. The highest BCUT2D eigenvalue weighted by Gasteiger charge is 2.12. The number of aliphatic hydroxyl groups is 1. The van der Waals surface area contributed by atoms with Crippen molar-refractivity contribution in [2.24, 2.45) is 0 Å². The quantitative estimate of drug-likeness (QED) is 0.676. The van der Waals surface area contributed by atoms with Crippen LogP contribution in [0.2, 0.25) is 0 Å². The van der Waals surface area contributed by atoms with Gasteiger partial charge in [0.05, 0.1) is 13.2 Å². The van der Waals surface area contributed by atoms with E-state index in [-0.39, 0.29) is 23.7 Å². The van der Waals surface area contributed by atoms with Crippen molar-refractivity contribution in [1.29, 1.82) is 0 Å². The van der Waals surface area contributed by atoms with Crippen LogP contribution in [0.25, 0.3) is 0 Å². The van der Waals surface area contributed by atoms with Crippen molar-refractivity contribution in [3.63, 3.8) is 0 Å². The molecule has 0 aliphatic heterocycles. The van der Waals surface area contributed by atoms with Gasteiger partial charge >= 0.3 is 0 Å². The average Bonchev–Trinajstić information content (AvgIpc) is 2.44. The first-order chi connectivity index (χ1) is 9.99. The van der Waals surface area contributed by atoms with Crippen LogP contribution in [0.1, 0.15) is 11.1 Å². The number of methoxy groups -OCH3 is 1. The minimum atomic E-state index is -0.699. The van der Waals surface area contributed by atoms with Crippen molar-refractivity contribution in [2.45, 2.75) is 18.9 Å². The molecule has 21 heavy (non-hydrogen) atoms. The van der Waals surface area contributed by atoms with E-state index in [1.165, 1.54) is 25.3 Å². The summed E-state index contributed by atoms with van der Waals surface area (Å²) in [5, 5.41) is 38.6. The lowest BCUT2D eigenvalue weighted by Gasteiger charge is -2.13. The van der Waals surface area contributed by atoms with Gasteiger partial charge < -0.3 is 25.2 Å². The second-order valence-corrected chi connectivity index (χ2v) is 4.88. The fraction of sp³-hybridized carbons (Fsp3) is 0.250. The minimum Gasteiger partial charge on any atom is -0.508 e. The predicted molar refractivity (Wildman–Crippen MR) is 77.8 cm³/mol. The molecule has 2 rings (SSSR count). The van der Waals surface area contributed by atoms with Crippen molar-refractivity contribution < 1.29 is 25.2 Å². The Kier molecular flexibility index (Phi) is 4.55. The van der Waals surface area contributed by atoms with Gasteiger partial charge in [-0.15, -0.1) is 0 Å². The molecule has 1 atom stereocenters. The number of phenolic OH excluding ortho intramolecular Hbond substituents is 3. The van der Waals surface area contributed by atoms with Crippen molar-refractivity contribution in [1.82, 2.24) is 0 Å². The molecule has 0 aromatic heterocycles. The molecule has 0 radical (unpaired) electrons. The zero-order valence-corrected chi connectivity index (χ0v) is 11.7. The largest absolute Gasteiger partial charge is 0.508 e.